The molecule has 8 heteroatoms. The standard InChI is InChI=1S/C21H25FN2O4S/c1-15-4-5-16(2)20(12-15)29(26,27)24-10-8-23(9-11-24)21(25)14-17-6-7-19(28-3)18(22)13-17/h4-7,12-13H,8-11,14H2,1-3H3. The molecule has 0 N–H and O–H groups in total. The minimum absolute atomic E-state index is 0.0602. The van der Waals surface area contributed by atoms with Crippen molar-refractivity contribution in [3.05, 3.63) is 58.9 Å². The highest BCUT2D eigenvalue weighted by molar-refractivity contribution is 7.89. The van der Waals surface area contributed by atoms with Gasteiger partial charge in [0.05, 0.1) is 18.4 Å². The zero-order valence-electron chi connectivity index (χ0n) is 16.8. The monoisotopic (exact) mass is 420 g/mol. The van der Waals surface area contributed by atoms with E-state index in [1.54, 1.807) is 30.0 Å². The van der Waals surface area contributed by atoms with Gasteiger partial charge in [-0.15, -0.1) is 0 Å². The molecule has 0 aromatic heterocycles. The Balaban J connectivity index is 1.64. The molecular formula is C21H25FN2O4S. The van der Waals surface area contributed by atoms with Gasteiger partial charge >= 0.3 is 0 Å². The molecule has 0 bridgehead atoms. The van der Waals surface area contributed by atoms with Gasteiger partial charge in [0.2, 0.25) is 15.9 Å². The van der Waals surface area contributed by atoms with Gasteiger partial charge in [0.25, 0.3) is 0 Å². The molecule has 29 heavy (non-hydrogen) atoms. The molecule has 1 amide bonds. The third kappa shape index (κ3) is 4.59. The first kappa shape index (κ1) is 21.3. The van der Waals surface area contributed by atoms with Crippen LogP contribution in [0.3, 0.4) is 0 Å². The molecule has 0 saturated carbocycles. The summed E-state index contributed by atoms with van der Waals surface area (Å²) in [5.41, 5.74) is 2.14. The Labute approximate surface area is 170 Å². The summed E-state index contributed by atoms with van der Waals surface area (Å²) in [6.07, 6.45) is 0.0602. The number of rotatable bonds is 5. The van der Waals surface area contributed by atoms with Crippen molar-refractivity contribution in [2.24, 2.45) is 0 Å². The maximum absolute atomic E-state index is 13.8. The third-order valence-electron chi connectivity index (χ3n) is 5.12. The fourth-order valence-electron chi connectivity index (χ4n) is 3.41. The number of nitrogens with zero attached hydrogens (tertiary/aromatic N) is 2. The summed E-state index contributed by atoms with van der Waals surface area (Å²) >= 11 is 0. The molecule has 2 aromatic rings. The van der Waals surface area contributed by atoms with Gasteiger partial charge in [0.15, 0.2) is 11.6 Å². The first-order valence-corrected chi connectivity index (χ1v) is 10.8. The number of benzene rings is 2. The average Bonchev–Trinajstić information content (AvgIpc) is 2.70. The van der Waals surface area contributed by atoms with E-state index >= 15 is 0 Å². The number of aryl methyl sites for hydroxylation is 2. The molecule has 0 unspecified atom stereocenters. The lowest BCUT2D eigenvalue weighted by atomic mass is 10.1. The van der Waals surface area contributed by atoms with Gasteiger partial charge in [-0.2, -0.15) is 4.31 Å². The first-order chi connectivity index (χ1) is 13.7. The molecule has 1 fully saturated rings. The van der Waals surface area contributed by atoms with Gasteiger partial charge < -0.3 is 9.64 Å². The van der Waals surface area contributed by atoms with Crippen LogP contribution in [0.2, 0.25) is 0 Å². The highest BCUT2D eigenvalue weighted by Gasteiger charge is 2.31. The largest absolute Gasteiger partial charge is 0.494 e. The Hall–Kier alpha value is -2.45. The number of hydrogen-bond acceptors (Lipinski definition) is 4. The molecule has 1 aliphatic heterocycles. The van der Waals surface area contributed by atoms with Gasteiger partial charge in [0, 0.05) is 26.2 Å². The topological polar surface area (TPSA) is 66.9 Å². The number of halogens is 1. The lowest BCUT2D eigenvalue weighted by molar-refractivity contribution is -0.131. The first-order valence-electron chi connectivity index (χ1n) is 9.40. The minimum Gasteiger partial charge on any atom is -0.494 e. The quantitative estimate of drug-likeness (QED) is 0.746. The van der Waals surface area contributed by atoms with E-state index < -0.39 is 15.8 Å². The van der Waals surface area contributed by atoms with Crippen molar-refractivity contribution < 1.29 is 22.3 Å². The van der Waals surface area contributed by atoms with Crippen LogP contribution < -0.4 is 4.74 Å². The number of amides is 1. The number of carbonyl (C=O) groups excluding carboxylic acids is 1. The van der Waals surface area contributed by atoms with Crippen LogP contribution >= 0.6 is 0 Å². The van der Waals surface area contributed by atoms with Crippen LogP contribution in [0.15, 0.2) is 41.3 Å². The molecular weight excluding hydrogens is 395 g/mol. The Morgan fingerprint density at radius 1 is 1.07 bits per heavy atom. The predicted octanol–water partition coefficient (Wildman–Crippen LogP) is 2.53. The van der Waals surface area contributed by atoms with Crippen molar-refractivity contribution in [2.45, 2.75) is 25.2 Å². The SMILES string of the molecule is COc1ccc(CC(=O)N2CCN(S(=O)(=O)c3cc(C)ccc3C)CC2)cc1F. The van der Waals surface area contributed by atoms with Crippen LogP contribution in [-0.2, 0) is 21.2 Å². The second kappa shape index (κ2) is 8.51. The number of carbonyl (C=O) groups is 1. The van der Waals surface area contributed by atoms with Crippen LogP contribution in [-0.4, -0.2) is 56.8 Å². The van der Waals surface area contributed by atoms with Crippen LogP contribution in [0.25, 0.3) is 0 Å². The lowest BCUT2D eigenvalue weighted by Crippen LogP contribution is -2.50. The summed E-state index contributed by atoms with van der Waals surface area (Å²) in [6, 6.07) is 9.80. The Kier molecular flexibility index (Phi) is 6.24. The summed E-state index contributed by atoms with van der Waals surface area (Å²) in [5.74, 6) is -0.535. The van der Waals surface area contributed by atoms with E-state index in [9.17, 15) is 17.6 Å². The van der Waals surface area contributed by atoms with Gasteiger partial charge in [-0.3, -0.25) is 4.79 Å². The number of methoxy groups -OCH3 is 1. The lowest BCUT2D eigenvalue weighted by Gasteiger charge is -2.34. The molecule has 0 spiro atoms. The number of hydrogen-bond donors (Lipinski definition) is 0. The van der Waals surface area contributed by atoms with Gasteiger partial charge in [-0.25, -0.2) is 12.8 Å². The molecule has 1 saturated heterocycles. The molecule has 1 aliphatic rings. The molecule has 1 heterocycles. The van der Waals surface area contributed by atoms with E-state index in [2.05, 4.69) is 0 Å². The molecule has 0 atom stereocenters. The van der Waals surface area contributed by atoms with Gasteiger partial charge in [-0.1, -0.05) is 18.2 Å². The Morgan fingerprint density at radius 3 is 2.38 bits per heavy atom. The number of ether oxygens (including phenoxy) is 1. The van der Waals surface area contributed by atoms with Crippen molar-refractivity contribution in [1.82, 2.24) is 9.21 Å². The van der Waals surface area contributed by atoms with E-state index in [1.807, 2.05) is 13.0 Å². The van der Waals surface area contributed by atoms with Crippen LogP contribution in [0.5, 0.6) is 5.75 Å². The maximum Gasteiger partial charge on any atom is 0.243 e. The van der Waals surface area contributed by atoms with Crippen molar-refractivity contribution in [3.8, 4) is 5.75 Å². The maximum atomic E-state index is 13.8. The zero-order valence-corrected chi connectivity index (χ0v) is 17.6. The second-order valence-electron chi connectivity index (χ2n) is 7.20. The van der Waals surface area contributed by atoms with Crippen LogP contribution in [0, 0.1) is 19.7 Å². The fraction of sp³-hybridized carbons (Fsp3) is 0.381. The highest BCUT2D eigenvalue weighted by atomic mass is 32.2. The van der Waals surface area contributed by atoms with Crippen molar-refractivity contribution in [2.75, 3.05) is 33.3 Å². The summed E-state index contributed by atoms with van der Waals surface area (Å²) in [4.78, 5) is 14.5. The smallest absolute Gasteiger partial charge is 0.243 e. The summed E-state index contributed by atoms with van der Waals surface area (Å²) in [5, 5.41) is 0. The Bertz CT molecular complexity index is 1020. The molecule has 0 aliphatic carbocycles. The second-order valence-corrected chi connectivity index (χ2v) is 9.11. The molecule has 2 aromatic carbocycles. The van der Waals surface area contributed by atoms with Crippen molar-refractivity contribution in [3.63, 3.8) is 0 Å². The van der Waals surface area contributed by atoms with Gasteiger partial charge in [0.1, 0.15) is 0 Å². The van der Waals surface area contributed by atoms with E-state index in [-0.39, 0.29) is 31.2 Å². The van der Waals surface area contributed by atoms with E-state index in [4.69, 9.17) is 4.74 Å². The summed E-state index contributed by atoms with van der Waals surface area (Å²) in [7, 11) is -2.22. The van der Waals surface area contributed by atoms with E-state index in [0.29, 0.717) is 29.1 Å². The normalized spacial score (nSPS) is 15.4. The Morgan fingerprint density at radius 2 is 1.76 bits per heavy atom. The number of piperazine rings is 1. The van der Waals surface area contributed by atoms with Crippen LogP contribution in [0.4, 0.5) is 4.39 Å². The van der Waals surface area contributed by atoms with Crippen molar-refractivity contribution >= 4 is 15.9 Å². The molecule has 6 nitrogen and oxygen atoms in total. The molecule has 156 valence electrons. The average molecular weight is 421 g/mol. The van der Waals surface area contributed by atoms with Crippen molar-refractivity contribution in [1.29, 1.82) is 0 Å². The summed E-state index contributed by atoms with van der Waals surface area (Å²) < 4.78 is 46.1. The molecule has 0 radical (unpaired) electrons. The number of sulfonamides is 1. The minimum atomic E-state index is -3.60. The fourth-order valence-corrected chi connectivity index (χ4v) is 5.14. The zero-order chi connectivity index (χ0) is 21.2. The third-order valence-corrected chi connectivity index (χ3v) is 7.16. The predicted molar refractivity (Wildman–Crippen MR) is 108 cm³/mol. The van der Waals surface area contributed by atoms with E-state index in [1.165, 1.54) is 23.5 Å². The summed E-state index contributed by atoms with van der Waals surface area (Å²) in [6.45, 7) is 4.72. The van der Waals surface area contributed by atoms with E-state index in [0.717, 1.165) is 5.56 Å². The van der Waals surface area contributed by atoms with Crippen LogP contribution in [0.1, 0.15) is 16.7 Å². The molecule has 3 rings (SSSR count). The highest BCUT2D eigenvalue weighted by Crippen LogP contribution is 2.23. The van der Waals surface area contributed by atoms with Gasteiger partial charge in [-0.05, 0) is 48.7 Å².